The summed E-state index contributed by atoms with van der Waals surface area (Å²) in [6.07, 6.45) is 1.13. The van der Waals surface area contributed by atoms with E-state index in [0.717, 1.165) is 31.1 Å². The Bertz CT molecular complexity index is 403. The summed E-state index contributed by atoms with van der Waals surface area (Å²) in [5, 5.41) is 4.40. The lowest BCUT2D eigenvalue weighted by Gasteiger charge is -2.15. The van der Waals surface area contributed by atoms with E-state index in [1.807, 2.05) is 6.07 Å². The van der Waals surface area contributed by atoms with Gasteiger partial charge in [0.1, 0.15) is 0 Å². The Labute approximate surface area is 95.2 Å². The van der Waals surface area contributed by atoms with Gasteiger partial charge in [-0.25, -0.2) is 0 Å². The highest BCUT2D eigenvalue weighted by Gasteiger charge is 2.31. The maximum atomic E-state index is 6.27. The Hall–Kier alpha value is -0.730. The van der Waals surface area contributed by atoms with E-state index in [2.05, 4.69) is 23.3 Å². The van der Waals surface area contributed by atoms with E-state index in [-0.39, 0.29) is 0 Å². The van der Waals surface area contributed by atoms with Crippen LogP contribution in [0.3, 0.4) is 0 Å². The fourth-order valence-electron chi connectivity index (χ4n) is 2.86. The molecule has 2 nitrogen and oxygen atoms in total. The number of anilines is 1. The van der Waals surface area contributed by atoms with Crippen molar-refractivity contribution in [2.45, 2.75) is 12.3 Å². The first kappa shape index (κ1) is 9.49. The van der Waals surface area contributed by atoms with E-state index >= 15 is 0 Å². The van der Waals surface area contributed by atoms with Gasteiger partial charge in [0.2, 0.25) is 0 Å². The summed E-state index contributed by atoms with van der Waals surface area (Å²) in [6, 6.07) is 4.24. The Balaban J connectivity index is 2.22. The van der Waals surface area contributed by atoms with Crippen LogP contribution in [0.1, 0.15) is 17.0 Å². The zero-order chi connectivity index (χ0) is 10.4. The minimum Gasteiger partial charge on any atom is -0.372 e. The van der Waals surface area contributed by atoms with Crippen molar-refractivity contribution in [1.29, 1.82) is 0 Å². The third-order valence-electron chi connectivity index (χ3n) is 3.50. The van der Waals surface area contributed by atoms with Gasteiger partial charge >= 0.3 is 0 Å². The molecule has 0 aromatic heterocycles. The first-order chi connectivity index (χ1) is 7.27. The van der Waals surface area contributed by atoms with Gasteiger partial charge in [0, 0.05) is 26.1 Å². The fraction of sp³-hybridized carbons (Fsp3) is 0.500. The molecule has 0 saturated carbocycles. The van der Waals surface area contributed by atoms with Gasteiger partial charge in [0.25, 0.3) is 0 Å². The van der Waals surface area contributed by atoms with E-state index in [0.29, 0.717) is 5.92 Å². The molecule has 2 heterocycles. The van der Waals surface area contributed by atoms with Crippen LogP contribution in [0.5, 0.6) is 0 Å². The van der Waals surface area contributed by atoms with Crippen LogP contribution in [-0.4, -0.2) is 26.7 Å². The summed E-state index contributed by atoms with van der Waals surface area (Å²) in [4.78, 5) is 2.29. The van der Waals surface area contributed by atoms with Crippen molar-refractivity contribution in [2.24, 2.45) is 0 Å². The molecule has 2 aliphatic rings. The van der Waals surface area contributed by atoms with Crippen LogP contribution in [0.4, 0.5) is 5.69 Å². The van der Waals surface area contributed by atoms with Crippen molar-refractivity contribution >= 4 is 17.3 Å². The van der Waals surface area contributed by atoms with Crippen molar-refractivity contribution in [3.63, 3.8) is 0 Å². The minimum absolute atomic E-state index is 0.626. The lowest BCUT2D eigenvalue weighted by Crippen LogP contribution is -2.24. The van der Waals surface area contributed by atoms with Crippen LogP contribution >= 0.6 is 11.6 Å². The van der Waals surface area contributed by atoms with Gasteiger partial charge in [0.05, 0.1) is 10.7 Å². The molecule has 1 aromatic rings. The molecule has 0 aliphatic carbocycles. The average molecular weight is 223 g/mol. The van der Waals surface area contributed by atoms with Crippen LogP contribution in [0.25, 0.3) is 0 Å². The van der Waals surface area contributed by atoms with Gasteiger partial charge in [-0.2, -0.15) is 0 Å². The van der Waals surface area contributed by atoms with E-state index in [1.54, 1.807) is 0 Å². The molecular formula is C12H15ClN2. The number of nitrogens with zero attached hydrogens (tertiary/aromatic N) is 1. The van der Waals surface area contributed by atoms with Gasteiger partial charge in [0.15, 0.2) is 0 Å². The summed E-state index contributed by atoms with van der Waals surface area (Å²) >= 11 is 6.27. The molecule has 0 radical (unpaired) electrons. The molecule has 80 valence electrons. The van der Waals surface area contributed by atoms with Gasteiger partial charge in [-0.1, -0.05) is 17.7 Å². The second-order valence-corrected chi connectivity index (χ2v) is 4.91. The van der Waals surface area contributed by atoms with Crippen LogP contribution < -0.4 is 10.2 Å². The second-order valence-electron chi connectivity index (χ2n) is 4.50. The Morgan fingerprint density at radius 1 is 1.47 bits per heavy atom. The van der Waals surface area contributed by atoms with Gasteiger partial charge in [-0.3, -0.25) is 0 Å². The van der Waals surface area contributed by atoms with Crippen molar-refractivity contribution in [3.05, 3.63) is 28.3 Å². The van der Waals surface area contributed by atoms with Crippen LogP contribution in [0.2, 0.25) is 5.02 Å². The lowest BCUT2D eigenvalue weighted by atomic mass is 9.95. The summed E-state index contributed by atoms with van der Waals surface area (Å²) in [7, 11) is 2.14. The average Bonchev–Trinajstić information content (AvgIpc) is 2.43. The molecule has 1 atom stereocenters. The normalized spacial score (nSPS) is 23.9. The molecule has 1 N–H and O–H groups in total. The van der Waals surface area contributed by atoms with Crippen LogP contribution in [0.15, 0.2) is 12.1 Å². The third kappa shape index (κ3) is 1.35. The number of likely N-dealkylation sites (N-methyl/N-ethyl adjacent to an activating group) is 1. The maximum absolute atomic E-state index is 6.27. The Morgan fingerprint density at radius 3 is 3.20 bits per heavy atom. The number of hydrogen-bond donors (Lipinski definition) is 1. The third-order valence-corrected chi connectivity index (χ3v) is 3.81. The lowest BCUT2D eigenvalue weighted by molar-refractivity contribution is 0.625. The summed E-state index contributed by atoms with van der Waals surface area (Å²) in [5.41, 5.74) is 4.24. The van der Waals surface area contributed by atoms with Crippen molar-refractivity contribution in [2.75, 3.05) is 31.6 Å². The topological polar surface area (TPSA) is 15.3 Å². The summed E-state index contributed by atoms with van der Waals surface area (Å²) in [6.45, 7) is 3.28. The van der Waals surface area contributed by atoms with Gasteiger partial charge < -0.3 is 10.2 Å². The van der Waals surface area contributed by atoms with E-state index in [4.69, 9.17) is 11.6 Å². The van der Waals surface area contributed by atoms with E-state index in [1.165, 1.54) is 16.8 Å². The van der Waals surface area contributed by atoms with Crippen molar-refractivity contribution < 1.29 is 0 Å². The van der Waals surface area contributed by atoms with Gasteiger partial charge in [-0.05, 0) is 30.2 Å². The largest absolute Gasteiger partial charge is 0.372 e. The molecular weight excluding hydrogens is 208 g/mol. The predicted molar refractivity (Wildman–Crippen MR) is 64.0 cm³/mol. The second kappa shape index (κ2) is 3.39. The number of halogens is 1. The smallest absolute Gasteiger partial charge is 0.0642 e. The Kier molecular flexibility index (Phi) is 2.15. The molecule has 1 unspecified atom stereocenters. The highest BCUT2D eigenvalue weighted by atomic mass is 35.5. The molecule has 1 aromatic carbocycles. The zero-order valence-corrected chi connectivity index (χ0v) is 9.64. The number of hydrogen-bond acceptors (Lipinski definition) is 2. The van der Waals surface area contributed by atoms with E-state index in [9.17, 15) is 0 Å². The Morgan fingerprint density at radius 2 is 2.33 bits per heavy atom. The SMILES string of the molecule is CN1CC2CNCCc3ccc(Cl)c1c32. The van der Waals surface area contributed by atoms with Crippen molar-refractivity contribution in [1.82, 2.24) is 5.32 Å². The van der Waals surface area contributed by atoms with Crippen LogP contribution in [0, 0.1) is 0 Å². The summed E-state index contributed by atoms with van der Waals surface area (Å²) in [5.74, 6) is 0.626. The molecule has 0 amide bonds. The molecule has 3 rings (SSSR count). The minimum atomic E-state index is 0.626. The first-order valence-electron chi connectivity index (χ1n) is 5.50. The molecule has 0 fully saturated rings. The molecule has 2 aliphatic heterocycles. The molecule has 0 saturated heterocycles. The maximum Gasteiger partial charge on any atom is 0.0642 e. The first-order valence-corrected chi connectivity index (χ1v) is 5.88. The predicted octanol–water partition coefficient (Wildman–Crippen LogP) is 2.02. The number of rotatable bonds is 0. The number of nitrogens with one attached hydrogen (secondary N) is 1. The number of benzene rings is 1. The van der Waals surface area contributed by atoms with Gasteiger partial charge in [-0.15, -0.1) is 0 Å². The standard InChI is InChI=1S/C12H15ClN2/c1-15-7-9-6-14-5-4-8-2-3-10(13)12(15)11(8)9/h2-3,9,14H,4-7H2,1H3. The monoisotopic (exact) mass is 222 g/mol. The molecule has 0 bridgehead atoms. The molecule has 15 heavy (non-hydrogen) atoms. The zero-order valence-electron chi connectivity index (χ0n) is 8.89. The highest BCUT2D eigenvalue weighted by Crippen LogP contribution is 2.43. The van der Waals surface area contributed by atoms with E-state index < -0.39 is 0 Å². The summed E-state index contributed by atoms with van der Waals surface area (Å²) < 4.78 is 0. The van der Waals surface area contributed by atoms with Crippen molar-refractivity contribution in [3.8, 4) is 0 Å². The molecule has 0 spiro atoms. The quantitative estimate of drug-likeness (QED) is 0.723. The van der Waals surface area contributed by atoms with Crippen LogP contribution in [-0.2, 0) is 6.42 Å². The highest BCUT2D eigenvalue weighted by molar-refractivity contribution is 6.33. The molecule has 3 heteroatoms. The fourth-order valence-corrected chi connectivity index (χ4v) is 3.17.